The first-order valence-electron chi connectivity index (χ1n) is 19.0. The fourth-order valence-electron chi connectivity index (χ4n) is 4.65. The van der Waals surface area contributed by atoms with E-state index in [0.29, 0.717) is 25.7 Å². The van der Waals surface area contributed by atoms with E-state index in [1.54, 1.807) is 6.08 Å². The smallest absolute Gasteiger partial charge is 0.462 e. The minimum atomic E-state index is -4.78. The lowest BCUT2D eigenvalue weighted by Gasteiger charge is -2.18. The second kappa shape index (κ2) is 35.6. The van der Waals surface area contributed by atoms with Gasteiger partial charge in [0.25, 0.3) is 0 Å². The van der Waals surface area contributed by atoms with E-state index in [4.69, 9.17) is 19.3 Å². The summed E-state index contributed by atoms with van der Waals surface area (Å²) in [5, 5.41) is 9.96. The molecule has 0 rings (SSSR count). The first kappa shape index (κ1) is 48.2. The van der Waals surface area contributed by atoms with Crippen LogP contribution in [0.3, 0.4) is 0 Å². The molecule has 0 spiro atoms. The van der Waals surface area contributed by atoms with Gasteiger partial charge < -0.3 is 24.4 Å². The first-order valence-corrected chi connectivity index (χ1v) is 20.5. The molecule has 3 N–H and O–H groups in total. The first-order chi connectivity index (χ1) is 24.7. The summed E-state index contributed by atoms with van der Waals surface area (Å²) in [6.07, 6.45) is 43.4. The zero-order chi connectivity index (χ0) is 37.7. The maximum Gasteiger partial charge on any atom is 0.469 e. The highest BCUT2D eigenvalue weighted by atomic mass is 31.2. The van der Waals surface area contributed by atoms with Gasteiger partial charge in [0.1, 0.15) is 6.61 Å². The molecule has 10 heteroatoms. The predicted molar refractivity (Wildman–Crippen MR) is 208 cm³/mol. The van der Waals surface area contributed by atoms with Crippen molar-refractivity contribution in [1.82, 2.24) is 0 Å². The van der Waals surface area contributed by atoms with Crippen LogP contribution >= 0.6 is 7.82 Å². The van der Waals surface area contributed by atoms with E-state index in [0.717, 1.165) is 57.8 Å². The topological polar surface area (TPSA) is 140 Å². The Morgan fingerprint density at radius 3 is 1.90 bits per heavy atom. The Hall–Kier alpha value is -2.81. The molecule has 0 bridgehead atoms. The third kappa shape index (κ3) is 38.3. The maximum absolute atomic E-state index is 12.3. The summed E-state index contributed by atoms with van der Waals surface area (Å²) in [5.74, 6) is -1.03. The van der Waals surface area contributed by atoms with Gasteiger partial charge in [-0.3, -0.25) is 14.1 Å². The number of hydrogen-bond donors (Lipinski definition) is 3. The zero-order valence-electron chi connectivity index (χ0n) is 31.3. The SMILES string of the molecule is CC/C=C\C/C=C\CC(O)/C=C/C=C\C/C=C\C/C=C\CCC(=O)OC[C@H](COP(=O)(O)O)OC(=O)CCCCCCC/C=C\CCCCCC. The van der Waals surface area contributed by atoms with Crippen LogP contribution in [0.4, 0.5) is 0 Å². The molecule has 0 aliphatic heterocycles. The average Bonchev–Trinajstić information content (AvgIpc) is 3.09. The number of esters is 2. The highest BCUT2D eigenvalue weighted by molar-refractivity contribution is 7.46. The van der Waals surface area contributed by atoms with Crippen LogP contribution < -0.4 is 0 Å². The molecule has 0 aliphatic rings. The molecule has 0 heterocycles. The number of carbonyl (C=O) groups is 2. The van der Waals surface area contributed by atoms with Gasteiger partial charge in [-0.05, 0) is 70.6 Å². The molecule has 9 nitrogen and oxygen atoms in total. The Labute approximate surface area is 308 Å². The number of allylic oxidation sites excluding steroid dienone is 12. The van der Waals surface area contributed by atoms with Gasteiger partial charge in [-0.1, -0.05) is 137 Å². The number of aliphatic hydroxyl groups is 1. The van der Waals surface area contributed by atoms with Crippen LogP contribution in [0.2, 0.25) is 0 Å². The van der Waals surface area contributed by atoms with Gasteiger partial charge in [-0.25, -0.2) is 4.57 Å². The van der Waals surface area contributed by atoms with E-state index in [1.807, 2.05) is 48.6 Å². The highest BCUT2D eigenvalue weighted by Gasteiger charge is 2.22. The number of phosphoric acid groups is 1. The number of ether oxygens (including phenoxy) is 2. The Morgan fingerprint density at radius 1 is 0.627 bits per heavy atom. The quantitative estimate of drug-likeness (QED) is 0.0198. The van der Waals surface area contributed by atoms with Crippen molar-refractivity contribution in [2.45, 2.75) is 148 Å². The van der Waals surface area contributed by atoms with Crippen molar-refractivity contribution in [3.63, 3.8) is 0 Å². The Kier molecular flexibility index (Phi) is 33.6. The number of hydrogen-bond acceptors (Lipinski definition) is 7. The molecule has 0 saturated heterocycles. The second-order valence-corrected chi connectivity index (χ2v) is 13.6. The predicted octanol–water partition coefficient (Wildman–Crippen LogP) is 10.3. The van der Waals surface area contributed by atoms with Gasteiger partial charge in [0, 0.05) is 12.8 Å². The number of phosphoric ester groups is 1. The van der Waals surface area contributed by atoms with Gasteiger partial charge in [0.2, 0.25) is 0 Å². The molecule has 2 atom stereocenters. The number of carbonyl (C=O) groups excluding carboxylic acids is 2. The van der Waals surface area contributed by atoms with Crippen molar-refractivity contribution in [3.8, 4) is 0 Å². The molecule has 0 fully saturated rings. The number of aliphatic hydroxyl groups excluding tert-OH is 1. The molecule has 1 unspecified atom stereocenters. The van der Waals surface area contributed by atoms with Crippen molar-refractivity contribution in [3.05, 3.63) is 85.1 Å². The Bertz CT molecular complexity index is 1110. The van der Waals surface area contributed by atoms with Crippen molar-refractivity contribution in [2.75, 3.05) is 13.2 Å². The molecule has 0 aliphatic carbocycles. The normalized spacial score (nSPS) is 14.1. The second-order valence-electron chi connectivity index (χ2n) is 12.4. The maximum atomic E-state index is 12.3. The van der Waals surface area contributed by atoms with E-state index in [9.17, 15) is 19.3 Å². The summed E-state index contributed by atoms with van der Waals surface area (Å²) >= 11 is 0. The van der Waals surface area contributed by atoms with Crippen LogP contribution in [-0.2, 0) is 28.2 Å². The van der Waals surface area contributed by atoms with Gasteiger partial charge in [0.05, 0.1) is 12.7 Å². The van der Waals surface area contributed by atoms with Gasteiger partial charge in [-0.2, -0.15) is 0 Å². The van der Waals surface area contributed by atoms with E-state index in [-0.39, 0.29) is 19.4 Å². The monoisotopic (exact) mass is 734 g/mol. The molecule has 290 valence electrons. The summed E-state index contributed by atoms with van der Waals surface area (Å²) in [6.45, 7) is 3.39. The van der Waals surface area contributed by atoms with E-state index < -0.39 is 38.6 Å². The zero-order valence-corrected chi connectivity index (χ0v) is 32.2. The standard InChI is InChI=1S/C41H67O9P/c1-3-5-7-9-11-12-13-14-15-20-23-27-31-35-41(44)50-39(37-49-51(45,46)47)36-48-40(43)34-30-26-22-19-17-16-18-21-25-29-33-38(42)32-28-24-10-8-6-4-2/h6,8,12-13,16-17,21-22,24-26,28-29,33,38-39,42H,3-5,7,9-11,14-15,18-20,23,27,30-32,34-37H2,1-2H3,(H2,45,46,47)/b8-6-,13-12-,17-16-,25-21-,26-22-,28-24-,33-29+/t38?,39-/m1/s1. The Morgan fingerprint density at radius 2 is 1.22 bits per heavy atom. The van der Waals surface area contributed by atoms with Gasteiger partial charge in [-0.15, -0.1) is 0 Å². The van der Waals surface area contributed by atoms with Crippen LogP contribution in [0.25, 0.3) is 0 Å². The fraction of sp³-hybridized carbons (Fsp3) is 0.610. The number of rotatable bonds is 33. The largest absolute Gasteiger partial charge is 0.469 e. The van der Waals surface area contributed by atoms with E-state index >= 15 is 0 Å². The van der Waals surface area contributed by atoms with Crippen molar-refractivity contribution < 1.29 is 43.0 Å². The molecular weight excluding hydrogens is 667 g/mol. The van der Waals surface area contributed by atoms with Crippen molar-refractivity contribution in [2.24, 2.45) is 0 Å². The average molecular weight is 735 g/mol. The molecule has 51 heavy (non-hydrogen) atoms. The summed E-state index contributed by atoms with van der Waals surface area (Å²) < 4.78 is 26.2. The molecule has 0 aromatic rings. The lowest BCUT2D eigenvalue weighted by atomic mass is 10.1. The fourth-order valence-corrected chi connectivity index (χ4v) is 5.01. The van der Waals surface area contributed by atoms with Gasteiger partial charge >= 0.3 is 19.8 Å². The highest BCUT2D eigenvalue weighted by Crippen LogP contribution is 2.35. The Balaban J connectivity index is 4.19. The lowest BCUT2D eigenvalue weighted by Crippen LogP contribution is -2.29. The van der Waals surface area contributed by atoms with Gasteiger partial charge in [0.15, 0.2) is 6.10 Å². The van der Waals surface area contributed by atoms with Crippen molar-refractivity contribution in [1.29, 1.82) is 0 Å². The molecule has 0 saturated carbocycles. The molecule has 0 aromatic heterocycles. The van der Waals surface area contributed by atoms with Crippen LogP contribution in [0.5, 0.6) is 0 Å². The molecule has 0 radical (unpaired) electrons. The van der Waals surface area contributed by atoms with Crippen LogP contribution in [-0.4, -0.2) is 52.3 Å². The van der Waals surface area contributed by atoms with E-state index in [1.165, 1.54) is 25.7 Å². The molecular formula is C41H67O9P. The van der Waals surface area contributed by atoms with Crippen LogP contribution in [0.1, 0.15) is 136 Å². The van der Waals surface area contributed by atoms with Crippen molar-refractivity contribution >= 4 is 19.8 Å². The summed E-state index contributed by atoms with van der Waals surface area (Å²) in [7, 11) is -4.78. The third-order valence-electron chi connectivity index (χ3n) is 7.49. The third-order valence-corrected chi connectivity index (χ3v) is 7.98. The molecule has 0 aromatic carbocycles. The number of unbranched alkanes of at least 4 members (excludes halogenated alkanes) is 9. The minimum Gasteiger partial charge on any atom is -0.462 e. The van der Waals surface area contributed by atoms with Crippen LogP contribution in [0.15, 0.2) is 85.1 Å². The summed E-state index contributed by atoms with van der Waals surface area (Å²) in [5.41, 5.74) is 0. The lowest BCUT2D eigenvalue weighted by molar-refractivity contribution is -0.161. The summed E-state index contributed by atoms with van der Waals surface area (Å²) in [6, 6.07) is 0. The van der Waals surface area contributed by atoms with E-state index in [2.05, 4.69) is 48.8 Å². The summed E-state index contributed by atoms with van der Waals surface area (Å²) in [4.78, 5) is 42.7. The molecule has 0 amide bonds. The minimum absolute atomic E-state index is 0.113. The van der Waals surface area contributed by atoms with Crippen LogP contribution in [0, 0.1) is 0 Å².